The fourth-order valence-corrected chi connectivity index (χ4v) is 4.87. The van der Waals surface area contributed by atoms with E-state index in [4.69, 9.17) is 17.0 Å². The van der Waals surface area contributed by atoms with Gasteiger partial charge in [0.15, 0.2) is 0 Å². The first-order chi connectivity index (χ1) is 14.0. The van der Waals surface area contributed by atoms with E-state index in [1.54, 1.807) is 16.9 Å². The molecule has 2 heterocycles. The van der Waals surface area contributed by atoms with E-state index in [9.17, 15) is 9.59 Å². The number of benzene rings is 2. The zero-order chi connectivity index (χ0) is 20.5. The van der Waals surface area contributed by atoms with E-state index >= 15 is 0 Å². The zero-order valence-electron chi connectivity index (χ0n) is 16.2. The molecule has 0 spiro atoms. The number of anilines is 1. The SMILES string of the molecule is CCCN1C(=O)C(=C2SC(=S)N(Cc3ccc(OC)cc3)C2=O)c2ccccc21. The monoisotopic (exact) mass is 424 g/mol. The van der Waals surface area contributed by atoms with Gasteiger partial charge < -0.3 is 9.64 Å². The highest BCUT2D eigenvalue weighted by atomic mass is 32.2. The highest BCUT2D eigenvalue weighted by Crippen LogP contribution is 2.44. The van der Waals surface area contributed by atoms with E-state index < -0.39 is 0 Å². The Morgan fingerprint density at radius 1 is 1.00 bits per heavy atom. The second-order valence-electron chi connectivity index (χ2n) is 6.79. The lowest BCUT2D eigenvalue weighted by Gasteiger charge is -2.15. The van der Waals surface area contributed by atoms with Crippen LogP contribution in [0.2, 0.25) is 0 Å². The first kappa shape index (κ1) is 19.7. The van der Waals surface area contributed by atoms with Crippen molar-refractivity contribution in [1.29, 1.82) is 0 Å². The minimum atomic E-state index is -0.215. The Morgan fingerprint density at radius 3 is 2.41 bits per heavy atom. The minimum absolute atomic E-state index is 0.127. The minimum Gasteiger partial charge on any atom is -0.497 e. The summed E-state index contributed by atoms with van der Waals surface area (Å²) < 4.78 is 5.65. The largest absolute Gasteiger partial charge is 0.497 e. The van der Waals surface area contributed by atoms with Crippen molar-refractivity contribution in [3.63, 3.8) is 0 Å². The lowest BCUT2D eigenvalue weighted by Crippen LogP contribution is -2.29. The number of carbonyl (C=O) groups excluding carboxylic acids is 2. The molecule has 2 amide bonds. The number of rotatable bonds is 5. The van der Waals surface area contributed by atoms with Crippen molar-refractivity contribution in [3.8, 4) is 5.75 Å². The highest BCUT2D eigenvalue weighted by molar-refractivity contribution is 8.26. The molecule has 0 aliphatic carbocycles. The average Bonchev–Trinajstić information content (AvgIpc) is 3.17. The normalized spacial score (nSPS) is 18.6. The molecule has 0 radical (unpaired) electrons. The molecule has 0 bridgehead atoms. The van der Waals surface area contributed by atoms with Gasteiger partial charge in [-0.25, -0.2) is 0 Å². The predicted octanol–water partition coefficient (Wildman–Crippen LogP) is 4.22. The van der Waals surface area contributed by atoms with Crippen molar-refractivity contribution in [2.45, 2.75) is 19.9 Å². The molecular weight excluding hydrogens is 404 g/mol. The Balaban J connectivity index is 1.68. The molecule has 1 saturated heterocycles. The van der Waals surface area contributed by atoms with E-state index in [1.807, 2.05) is 55.5 Å². The van der Waals surface area contributed by atoms with E-state index in [0.717, 1.165) is 29.0 Å². The van der Waals surface area contributed by atoms with Gasteiger partial charge in [0.2, 0.25) is 0 Å². The van der Waals surface area contributed by atoms with Crippen molar-refractivity contribution < 1.29 is 14.3 Å². The molecule has 0 N–H and O–H groups in total. The summed E-state index contributed by atoms with van der Waals surface area (Å²) in [7, 11) is 1.61. The molecule has 0 unspecified atom stereocenters. The van der Waals surface area contributed by atoms with E-state index in [0.29, 0.717) is 27.9 Å². The average molecular weight is 425 g/mol. The second kappa shape index (κ2) is 8.00. The van der Waals surface area contributed by atoms with Crippen LogP contribution in [0.1, 0.15) is 24.5 Å². The first-order valence-electron chi connectivity index (χ1n) is 9.37. The first-order valence-corrected chi connectivity index (χ1v) is 10.6. The molecule has 0 aromatic heterocycles. The third-order valence-corrected chi connectivity index (χ3v) is 6.39. The quantitative estimate of drug-likeness (QED) is 0.531. The number of methoxy groups -OCH3 is 1. The zero-order valence-corrected chi connectivity index (χ0v) is 17.8. The predicted molar refractivity (Wildman–Crippen MR) is 120 cm³/mol. The lowest BCUT2D eigenvalue weighted by atomic mass is 10.1. The van der Waals surface area contributed by atoms with Crippen LogP contribution in [0.25, 0.3) is 5.57 Å². The Hall–Kier alpha value is -2.64. The van der Waals surface area contributed by atoms with Gasteiger partial charge >= 0.3 is 0 Å². The standard InChI is InChI=1S/C22H20N2O3S2/c1-3-12-23-17-7-5-4-6-16(17)18(20(23)25)19-21(26)24(22(28)29-19)13-14-8-10-15(27-2)11-9-14/h4-11H,3,12-13H2,1-2H3. The van der Waals surface area contributed by atoms with E-state index in [2.05, 4.69) is 0 Å². The fourth-order valence-electron chi connectivity index (χ4n) is 3.54. The summed E-state index contributed by atoms with van der Waals surface area (Å²) in [4.78, 5) is 30.1. The summed E-state index contributed by atoms with van der Waals surface area (Å²) in [6.45, 7) is 3.01. The van der Waals surface area contributed by atoms with Crippen LogP contribution in [0.3, 0.4) is 0 Å². The summed E-state index contributed by atoms with van der Waals surface area (Å²) >= 11 is 6.69. The maximum Gasteiger partial charge on any atom is 0.267 e. The van der Waals surface area contributed by atoms with Crippen LogP contribution >= 0.6 is 24.0 Å². The van der Waals surface area contributed by atoms with E-state index in [1.165, 1.54) is 11.8 Å². The van der Waals surface area contributed by atoms with Crippen LogP contribution in [0, 0.1) is 0 Å². The van der Waals surface area contributed by atoms with Crippen LogP contribution in [-0.2, 0) is 16.1 Å². The molecule has 2 aliphatic rings. The molecule has 0 atom stereocenters. The Kier molecular flexibility index (Phi) is 5.43. The second-order valence-corrected chi connectivity index (χ2v) is 8.43. The van der Waals surface area contributed by atoms with Crippen molar-refractivity contribution in [2.75, 3.05) is 18.6 Å². The fraction of sp³-hybridized carbons (Fsp3) is 0.227. The maximum atomic E-state index is 13.2. The molecule has 5 nitrogen and oxygen atoms in total. The van der Waals surface area contributed by atoms with Gasteiger partial charge in [0.1, 0.15) is 10.1 Å². The summed E-state index contributed by atoms with van der Waals surface area (Å²) in [5.74, 6) is 0.413. The lowest BCUT2D eigenvalue weighted by molar-refractivity contribution is -0.122. The molecule has 2 aromatic carbocycles. The Morgan fingerprint density at radius 2 is 1.72 bits per heavy atom. The molecular formula is C22H20N2O3S2. The van der Waals surface area contributed by atoms with Crippen LogP contribution < -0.4 is 9.64 Å². The van der Waals surface area contributed by atoms with Gasteiger partial charge in [-0.2, -0.15) is 0 Å². The molecule has 7 heteroatoms. The van der Waals surface area contributed by atoms with Crippen LogP contribution in [0.4, 0.5) is 5.69 Å². The van der Waals surface area contributed by atoms with Crippen LogP contribution in [0.15, 0.2) is 53.4 Å². The molecule has 148 valence electrons. The molecule has 0 saturated carbocycles. The van der Waals surface area contributed by atoms with Gasteiger partial charge in [0, 0.05) is 12.1 Å². The molecule has 29 heavy (non-hydrogen) atoms. The van der Waals surface area contributed by atoms with Crippen molar-refractivity contribution in [2.24, 2.45) is 0 Å². The van der Waals surface area contributed by atoms with Crippen LogP contribution in [-0.4, -0.2) is 34.7 Å². The van der Waals surface area contributed by atoms with Crippen molar-refractivity contribution in [3.05, 3.63) is 64.6 Å². The number of hydrogen-bond acceptors (Lipinski definition) is 5. The number of thioether (sulfide) groups is 1. The number of ether oxygens (including phenoxy) is 1. The number of fused-ring (bicyclic) bond motifs is 1. The smallest absolute Gasteiger partial charge is 0.267 e. The summed E-state index contributed by atoms with van der Waals surface area (Å²) in [5, 5.41) is 0. The van der Waals surface area contributed by atoms with Gasteiger partial charge in [-0.15, -0.1) is 0 Å². The number of amides is 2. The Bertz CT molecular complexity index is 1030. The van der Waals surface area contributed by atoms with E-state index in [-0.39, 0.29) is 11.8 Å². The number of hydrogen-bond donors (Lipinski definition) is 0. The molecule has 4 rings (SSSR count). The van der Waals surface area contributed by atoms with Crippen molar-refractivity contribution in [1.82, 2.24) is 4.90 Å². The summed E-state index contributed by atoms with van der Waals surface area (Å²) in [6, 6.07) is 15.1. The Labute approximate surface area is 179 Å². The van der Waals surface area contributed by atoms with Crippen LogP contribution in [0.5, 0.6) is 5.75 Å². The van der Waals surface area contributed by atoms with Gasteiger partial charge in [-0.05, 0) is 30.2 Å². The van der Waals surface area contributed by atoms with Gasteiger partial charge in [-0.1, -0.05) is 61.2 Å². The highest BCUT2D eigenvalue weighted by Gasteiger charge is 2.41. The third-order valence-electron chi connectivity index (χ3n) is 4.95. The maximum absolute atomic E-state index is 13.2. The van der Waals surface area contributed by atoms with Crippen molar-refractivity contribution >= 4 is 51.4 Å². The van der Waals surface area contributed by atoms with Gasteiger partial charge in [0.25, 0.3) is 11.8 Å². The van der Waals surface area contributed by atoms with Gasteiger partial charge in [0.05, 0.1) is 29.8 Å². The number of carbonyl (C=O) groups is 2. The number of para-hydroxylation sites is 1. The third kappa shape index (κ3) is 3.45. The molecule has 1 fully saturated rings. The number of thiocarbonyl (C=S) groups is 1. The van der Waals surface area contributed by atoms with Gasteiger partial charge in [-0.3, -0.25) is 14.5 Å². The summed E-state index contributed by atoms with van der Waals surface area (Å²) in [5.41, 5.74) is 3.06. The number of nitrogens with zero attached hydrogens (tertiary/aromatic N) is 2. The summed E-state index contributed by atoms with van der Waals surface area (Å²) in [6.07, 6.45) is 0.839. The molecule has 2 aromatic rings. The molecule has 2 aliphatic heterocycles. The topological polar surface area (TPSA) is 49.9 Å².